The summed E-state index contributed by atoms with van der Waals surface area (Å²) < 4.78 is 0. The lowest BCUT2D eigenvalue weighted by Gasteiger charge is -2.19. The molecule has 0 bridgehead atoms. The standard InChI is InChI=1S/C19H20ClN3O2/c1-3-23(4-2)19(25)16-10-8-15(13-17(16)20)22-18(24)11-9-14-7-5-6-12-21-14/h5-13H,3-4H2,1-2H3,(H,22,24)/b11-9+. The van der Waals surface area contributed by atoms with Gasteiger partial charge in [0.2, 0.25) is 5.91 Å². The number of hydrogen-bond donors (Lipinski definition) is 1. The number of rotatable bonds is 6. The van der Waals surface area contributed by atoms with E-state index in [4.69, 9.17) is 11.6 Å². The first-order valence-electron chi connectivity index (χ1n) is 8.04. The van der Waals surface area contributed by atoms with E-state index in [1.165, 1.54) is 6.08 Å². The average molecular weight is 358 g/mol. The molecular weight excluding hydrogens is 338 g/mol. The van der Waals surface area contributed by atoms with Crippen molar-refractivity contribution in [2.75, 3.05) is 18.4 Å². The highest BCUT2D eigenvalue weighted by molar-refractivity contribution is 6.34. The normalized spacial score (nSPS) is 10.7. The van der Waals surface area contributed by atoms with Crippen molar-refractivity contribution in [3.8, 4) is 0 Å². The van der Waals surface area contributed by atoms with Crippen LogP contribution >= 0.6 is 11.6 Å². The fourth-order valence-corrected chi connectivity index (χ4v) is 2.53. The molecule has 6 heteroatoms. The van der Waals surface area contributed by atoms with Crippen LogP contribution in [0.3, 0.4) is 0 Å². The molecule has 25 heavy (non-hydrogen) atoms. The van der Waals surface area contributed by atoms with Gasteiger partial charge in [0.1, 0.15) is 0 Å². The molecule has 0 spiro atoms. The van der Waals surface area contributed by atoms with Crippen LogP contribution in [-0.2, 0) is 4.79 Å². The summed E-state index contributed by atoms with van der Waals surface area (Å²) in [6, 6.07) is 10.3. The van der Waals surface area contributed by atoms with Gasteiger partial charge < -0.3 is 10.2 Å². The van der Waals surface area contributed by atoms with E-state index < -0.39 is 0 Å². The molecule has 1 aromatic carbocycles. The first-order chi connectivity index (χ1) is 12.0. The number of pyridine rings is 1. The molecular formula is C19H20ClN3O2. The quantitative estimate of drug-likeness (QED) is 0.798. The maximum atomic E-state index is 12.4. The van der Waals surface area contributed by atoms with Crippen LogP contribution in [-0.4, -0.2) is 34.8 Å². The zero-order valence-electron chi connectivity index (χ0n) is 14.2. The summed E-state index contributed by atoms with van der Waals surface area (Å²) in [5, 5.41) is 3.02. The molecule has 2 rings (SSSR count). The van der Waals surface area contributed by atoms with Gasteiger partial charge in [-0.3, -0.25) is 14.6 Å². The van der Waals surface area contributed by atoms with Gasteiger partial charge in [-0.2, -0.15) is 0 Å². The summed E-state index contributed by atoms with van der Waals surface area (Å²) in [5.41, 5.74) is 1.64. The molecule has 0 aliphatic carbocycles. The van der Waals surface area contributed by atoms with Crippen LogP contribution < -0.4 is 5.32 Å². The van der Waals surface area contributed by atoms with Crippen molar-refractivity contribution in [3.05, 3.63) is 65.0 Å². The highest BCUT2D eigenvalue weighted by Gasteiger charge is 2.16. The lowest BCUT2D eigenvalue weighted by molar-refractivity contribution is -0.111. The minimum Gasteiger partial charge on any atom is -0.339 e. The number of aromatic nitrogens is 1. The fraction of sp³-hybridized carbons (Fsp3) is 0.211. The zero-order chi connectivity index (χ0) is 18.2. The Kier molecular flexibility index (Phi) is 6.71. The maximum Gasteiger partial charge on any atom is 0.255 e. The van der Waals surface area contributed by atoms with Crippen LogP contribution in [0.1, 0.15) is 29.9 Å². The van der Waals surface area contributed by atoms with Gasteiger partial charge in [-0.1, -0.05) is 17.7 Å². The summed E-state index contributed by atoms with van der Waals surface area (Å²) in [6.45, 7) is 5.06. The second-order valence-electron chi connectivity index (χ2n) is 5.25. The topological polar surface area (TPSA) is 62.3 Å². The highest BCUT2D eigenvalue weighted by atomic mass is 35.5. The van der Waals surface area contributed by atoms with Crippen molar-refractivity contribution >= 4 is 35.2 Å². The number of amides is 2. The molecule has 2 aromatic rings. The molecule has 1 aromatic heterocycles. The van der Waals surface area contributed by atoms with Gasteiger partial charge in [0, 0.05) is 31.0 Å². The second-order valence-corrected chi connectivity index (χ2v) is 5.66. The molecule has 0 fully saturated rings. The van der Waals surface area contributed by atoms with Crippen LogP contribution in [0.5, 0.6) is 0 Å². The third-order valence-corrected chi connectivity index (χ3v) is 3.92. The van der Waals surface area contributed by atoms with E-state index in [1.54, 1.807) is 47.5 Å². The van der Waals surface area contributed by atoms with Crippen molar-refractivity contribution in [2.45, 2.75) is 13.8 Å². The Morgan fingerprint density at radius 3 is 2.56 bits per heavy atom. The molecule has 0 aliphatic rings. The van der Waals surface area contributed by atoms with Crippen molar-refractivity contribution in [1.82, 2.24) is 9.88 Å². The van der Waals surface area contributed by atoms with Gasteiger partial charge in [-0.25, -0.2) is 0 Å². The van der Waals surface area contributed by atoms with Crippen LogP contribution in [0.4, 0.5) is 5.69 Å². The minimum absolute atomic E-state index is 0.122. The summed E-state index contributed by atoms with van der Waals surface area (Å²) >= 11 is 6.21. The lowest BCUT2D eigenvalue weighted by Crippen LogP contribution is -2.30. The van der Waals surface area contributed by atoms with Gasteiger partial charge >= 0.3 is 0 Å². The monoisotopic (exact) mass is 357 g/mol. The van der Waals surface area contributed by atoms with Crippen LogP contribution in [0.15, 0.2) is 48.7 Å². The van der Waals surface area contributed by atoms with E-state index >= 15 is 0 Å². The highest BCUT2D eigenvalue weighted by Crippen LogP contribution is 2.22. The largest absolute Gasteiger partial charge is 0.339 e. The predicted molar refractivity (Wildman–Crippen MR) is 101 cm³/mol. The van der Waals surface area contributed by atoms with Gasteiger partial charge in [0.25, 0.3) is 5.91 Å². The predicted octanol–water partition coefficient (Wildman–Crippen LogP) is 3.87. The van der Waals surface area contributed by atoms with Gasteiger partial charge in [-0.15, -0.1) is 0 Å². The second kappa shape index (κ2) is 8.99. The van der Waals surface area contributed by atoms with E-state index in [0.717, 1.165) is 0 Å². The lowest BCUT2D eigenvalue weighted by atomic mass is 10.1. The van der Waals surface area contributed by atoms with Crippen molar-refractivity contribution in [2.24, 2.45) is 0 Å². The molecule has 130 valence electrons. The van der Waals surface area contributed by atoms with E-state index in [1.807, 2.05) is 19.9 Å². The van der Waals surface area contributed by atoms with E-state index in [0.29, 0.717) is 35.1 Å². The zero-order valence-corrected chi connectivity index (χ0v) is 15.0. The Hall–Kier alpha value is -2.66. The Balaban J connectivity index is 2.06. The van der Waals surface area contributed by atoms with Crippen molar-refractivity contribution < 1.29 is 9.59 Å². The number of carbonyl (C=O) groups is 2. The smallest absolute Gasteiger partial charge is 0.255 e. The molecule has 0 saturated carbocycles. The molecule has 0 unspecified atom stereocenters. The summed E-state index contributed by atoms with van der Waals surface area (Å²) in [5.74, 6) is -0.424. The third kappa shape index (κ3) is 5.16. The van der Waals surface area contributed by atoms with Crippen LogP contribution in [0.2, 0.25) is 5.02 Å². The number of nitrogens with zero attached hydrogens (tertiary/aromatic N) is 2. The Morgan fingerprint density at radius 1 is 1.20 bits per heavy atom. The molecule has 0 atom stereocenters. The summed E-state index contributed by atoms with van der Waals surface area (Å²) in [7, 11) is 0. The number of halogens is 1. The molecule has 0 saturated heterocycles. The SMILES string of the molecule is CCN(CC)C(=O)c1ccc(NC(=O)/C=C/c2ccccn2)cc1Cl. The number of nitrogens with one attached hydrogen (secondary N) is 1. The van der Waals surface area contributed by atoms with Gasteiger partial charge in [-0.05, 0) is 50.3 Å². The first-order valence-corrected chi connectivity index (χ1v) is 8.41. The molecule has 0 aliphatic heterocycles. The minimum atomic E-state index is -0.301. The number of anilines is 1. The Labute approximate surface area is 152 Å². The fourth-order valence-electron chi connectivity index (χ4n) is 2.27. The van der Waals surface area contributed by atoms with E-state index in [9.17, 15) is 9.59 Å². The molecule has 5 nitrogen and oxygen atoms in total. The number of benzene rings is 1. The van der Waals surface area contributed by atoms with Gasteiger partial charge in [0.05, 0.1) is 16.3 Å². The first kappa shape index (κ1) is 18.7. The average Bonchev–Trinajstić information content (AvgIpc) is 2.62. The Morgan fingerprint density at radius 2 is 1.96 bits per heavy atom. The van der Waals surface area contributed by atoms with Crippen LogP contribution in [0.25, 0.3) is 6.08 Å². The number of carbonyl (C=O) groups excluding carboxylic acids is 2. The van der Waals surface area contributed by atoms with Crippen molar-refractivity contribution in [3.63, 3.8) is 0 Å². The van der Waals surface area contributed by atoms with Gasteiger partial charge in [0.15, 0.2) is 0 Å². The molecule has 0 radical (unpaired) electrons. The third-order valence-electron chi connectivity index (χ3n) is 3.61. The van der Waals surface area contributed by atoms with Crippen LogP contribution in [0, 0.1) is 0 Å². The Bertz CT molecular complexity index is 771. The molecule has 2 amide bonds. The van der Waals surface area contributed by atoms with E-state index in [-0.39, 0.29) is 11.8 Å². The van der Waals surface area contributed by atoms with Crippen molar-refractivity contribution in [1.29, 1.82) is 0 Å². The molecule has 1 N–H and O–H groups in total. The maximum absolute atomic E-state index is 12.4. The number of hydrogen-bond acceptors (Lipinski definition) is 3. The van der Waals surface area contributed by atoms with E-state index in [2.05, 4.69) is 10.3 Å². The summed E-state index contributed by atoms with van der Waals surface area (Å²) in [4.78, 5) is 30.1. The summed E-state index contributed by atoms with van der Waals surface area (Å²) in [6.07, 6.45) is 4.67. The molecule has 1 heterocycles.